The summed E-state index contributed by atoms with van der Waals surface area (Å²) in [6.45, 7) is 0. The first-order chi connectivity index (χ1) is 12.5. The third-order valence-corrected chi connectivity index (χ3v) is 9.12. The lowest BCUT2D eigenvalue weighted by atomic mass is 9.99. The zero-order valence-electron chi connectivity index (χ0n) is 14.0. The Morgan fingerprint density at radius 2 is 1.85 bits per heavy atom. The highest BCUT2D eigenvalue weighted by atomic mass is 32.3. The van der Waals surface area contributed by atoms with E-state index in [4.69, 9.17) is 0 Å². The van der Waals surface area contributed by atoms with E-state index in [1.807, 2.05) is 0 Å². The Kier molecular flexibility index (Phi) is 3.65. The molecule has 0 aromatic heterocycles. The van der Waals surface area contributed by atoms with Crippen LogP contribution in [0.3, 0.4) is 0 Å². The summed E-state index contributed by atoms with van der Waals surface area (Å²) in [7, 11) is -3.18. The maximum Gasteiger partial charge on any atom is 0.331 e. The van der Waals surface area contributed by atoms with Gasteiger partial charge in [0.25, 0.3) is 5.91 Å². The standard InChI is InChI=1S/C17H18N4O3S2/c22-15-14-16(25-8-18-14)26(24,20-15)21-17(23)19-13-11-5-1-3-9(11)7-10-4-2-6-12(10)13/h7-8,14,16H,1-6H2,(H2,19,20,21,22,23,24). The van der Waals surface area contributed by atoms with E-state index in [0.717, 1.165) is 44.2 Å². The van der Waals surface area contributed by atoms with Crippen molar-refractivity contribution in [3.63, 3.8) is 0 Å². The summed E-state index contributed by atoms with van der Waals surface area (Å²) < 4.78 is 18.6. The van der Waals surface area contributed by atoms with E-state index in [0.29, 0.717) is 0 Å². The second-order valence-corrected chi connectivity index (χ2v) is 10.3. The van der Waals surface area contributed by atoms with Gasteiger partial charge in [-0.3, -0.25) is 9.79 Å². The number of aryl methyl sites for hydroxylation is 2. The second kappa shape index (κ2) is 5.82. The van der Waals surface area contributed by atoms with Crippen LogP contribution in [0.2, 0.25) is 0 Å². The minimum atomic E-state index is -3.18. The molecule has 4 aliphatic rings. The topological polar surface area (TPSA) is 100.0 Å². The van der Waals surface area contributed by atoms with E-state index in [2.05, 4.69) is 25.5 Å². The molecule has 2 aliphatic carbocycles. The maximum absolute atomic E-state index is 13.0. The highest BCUT2D eigenvalue weighted by molar-refractivity contribution is 8.22. The van der Waals surface area contributed by atoms with E-state index in [1.54, 1.807) is 0 Å². The molecule has 0 saturated carbocycles. The number of aliphatic imine (C=N–C) groups is 1. The number of thioether (sulfide) groups is 1. The van der Waals surface area contributed by atoms with Crippen molar-refractivity contribution in [2.75, 3.05) is 5.32 Å². The van der Waals surface area contributed by atoms with E-state index in [1.165, 1.54) is 39.6 Å². The SMILES string of the molecule is O=C(Nc1c2c(cc3c1CCC3)CCC2)NS1(=O)=NC(=O)C2N=CSC21. The number of anilines is 1. The van der Waals surface area contributed by atoms with Crippen molar-refractivity contribution in [2.45, 2.75) is 49.1 Å². The normalized spacial score (nSPS) is 30.7. The number of hydrogen-bond donors (Lipinski definition) is 2. The Balaban J connectivity index is 1.43. The quantitative estimate of drug-likeness (QED) is 0.808. The fraction of sp³-hybridized carbons (Fsp3) is 0.471. The molecule has 5 rings (SSSR count). The Morgan fingerprint density at radius 3 is 2.54 bits per heavy atom. The van der Waals surface area contributed by atoms with Crippen LogP contribution in [-0.4, -0.2) is 32.3 Å². The van der Waals surface area contributed by atoms with E-state index in [-0.39, 0.29) is 0 Å². The zero-order chi connectivity index (χ0) is 17.9. The van der Waals surface area contributed by atoms with Crippen molar-refractivity contribution in [3.05, 3.63) is 28.3 Å². The maximum atomic E-state index is 13.0. The van der Waals surface area contributed by atoms with Crippen molar-refractivity contribution in [2.24, 2.45) is 9.36 Å². The van der Waals surface area contributed by atoms with Crippen LogP contribution in [0.5, 0.6) is 0 Å². The van der Waals surface area contributed by atoms with Crippen LogP contribution in [0, 0.1) is 0 Å². The van der Waals surface area contributed by atoms with Crippen molar-refractivity contribution in [1.29, 1.82) is 0 Å². The van der Waals surface area contributed by atoms with Crippen LogP contribution in [0.25, 0.3) is 0 Å². The van der Waals surface area contributed by atoms with Crippen molar-refractivity contribution in [1.82, 2.24) is 4.72 Å². The summed E-state index contributed by atoms with van der Waals surface area (Å²) >= 11 is 1.19. The summed E-state index contributed by atoms with van der Waals surface area (Å²) in [4.78, 5) is 28.5. The second-order valence-electron chi connectivity index (χ2n) is 6.99. The molecule has 2 aliphatic heterocycles. The highest BCUT2D eigenvalue weighted by Crippen LogP contribution is 2.39. The van der Waals surface area contributed by atoms with Gasteiger partial charge in [-0.15, -0.1) is 4.36 Å². The molecule has 9 heteroatoms. The number of urea groups is 1. The average molecular weight is 390 g/mol. The van der Waals surface area contributed by atoms with Crippen LogP contribution < -0.4 is 10.0 Å². The number of rotatable bonds is 2. The van der Waals surface area contributed by atoms with Crippen LogP contribution in [0.4, 0.5) is 10.5 Å². The minimum Gasteiger partial charge on any atom is -0.307 e. The largest absolute Gasteiger partial charge is 0.331 e. The van der Waals surface area contributed by atoms with Gasteiger partial charge >= 0.3 is 6.03 Å². The third-order valence-electron chi connectivity index (χ3n) is 5.42. The monoisotopic (exact) mass is 390 g/mol. The Labute approximate surface area is 155 Å². The Morgan fingerprint density at radius 1 is 1.15 bits per heavy atom. The predicted molar refractivity (Wildman–Crippen MR) is 102 cm³/mol. The van der Waals surface area contributed by atoms with Crippen molar-refractivity contribution in [3.8, 4) is 0 Å². The summed E-state index contributed by atoms with van der Waals surface area (Å²) in [5.41, 5.74) is 7.41. The first kappa shape index (κ1) is 16.3. The summed E-state index contributed by atoms with van der Waals surface area (Å²) in [5.74, 6) is -0.525. The van der Waals surface area contributed by atoms with Gasteiger partial charge in [0.15, 0.2) is 16.0 Å². The fourth-order valence-corrected chi connectivity index (χ4v) is 7.47. The Hall–Kier alpha value is -1.87. The lowest BCUT2D eigenvalue weighted by Crippen LogP contribution is -2.39. The summed E-state index contributed by atoms with van der Waals surface area (Å²) in [6, 6.07) is 0.989. The number of carbonyl (C=O) groups is 2. The highest BCUT2D eigenvalue weighted by Gasteiger charge is 2.46. The number of fused-ring (bicyclic) bond motifs is 3. The lowest BCUT2D eigenvalue weighted by Gasteiger charge is -2.18. The number of nitrogens with zero attached hydrogens (tertiary/aromatic N) is 2. The van der Waals surface area contributed by atoms with Crippen molar-refractivity contribution < 1.29 is 13.8 Å². The molecule has 3 unspecified atom stereocenters. The molecule has 136 valence electrons. The van der Waals surface area contributed by atoms with Crippen LogP contribution in [0.1, 0.15) is 35.1 Å². The van der Waals surface area contributed by atoms with Gasteiger partial charge in [-0.25, -0.2) is 13.7 Å². The van der Waals surface area contributed by atoms with Gasteiger partial charge in [0.2, 0.25) is 0 Å². The number of amides is 3. The molecule has 0 fully saturated rings. The van der Waals surface area contributed by atoms with Gasteiger partial charge in [-0.05, 0) is 60.8 Å². The Bertz CT molecular complexity index is 962. The number of hydrogen-bond acceptors (Lipinski definition) is 5. The smallest absolute Gasteiger partial charge is 0.307 e. The molecular weight excluding hydrogens is 372 g/mol. The molecule has 1 aromatic carbocycles. The number of nitrogens with one attached hydrogen (secondary N) is 2. The third kappa shape index (κ3) is 2.40. The molecule has 2 N–H and O–H groups in total. The van der Waals surface area contributed by atoms with Crippen LogP contribution in [0.15, 0.2) is 15.4 Å². The lowest BCUT2D eigenvalue weighted by molar-refractivity contribution is -0.117. The van der Waals surface area contributed by atoms with Crippen LogP contribution >= 0.6 is 11.8 Å². The first-order valence-electron chi connectivity index (χ1n) is 8.77. The van der Waals surface area contributed by atoms with E-state index in [9.17, 15) is 13.8 Å². The first-order valence-corrected chi connectivity index (χ1v) is 11.3. The molecule has 3 amide bonds. The molecule has 1 aromatic rings. The summed E-state index contributed by atoms with van der Waals surface area (Å²) in [5, 5.41) is 2.94. The number of carbonyl (C=O) groups excluding carboxylic acids is 2. The van der Waals surface area contributed by atoms with E-state index >= 15 is 0 Å². The molecular formula is C17H18N4O3S2. The summed E-state index contributed by atoms with van der Waals surface area (Å²) in [6.07, 6.45) is 6.16. The van der Waals surface area contributed by atoms with Gasteiger partial charge in [0.1, 0.15) is 4.58 Å². The minimum absolute atomic E-state index is 0.525. The molecule has 26 heavy (non-hydrogen) atoms. The van der Waals surface area contributed by atoms with E-state index < -0.39 is 32.5 Å². The molecule has 0 radical (unpaired) electrons. The van der Waals surface area contributed by atoms with Crippen LogP contribution in [-0.2, 0) is 40.4 Å². The average Bonchev–Trinajstić information content (AvgIpc) is 3.35. The van der Waals surface area contributed by atoms with Gasteiger partial charge in [-0.1, -0.05) is 17.8 Å². The molecule has 2 heterocycles. The number of benzene rings is 1. The molecule has 0 bridgehead atoms. The molecule has 7 nitrogen and oxygen atoms in total. The predicted octanol–water partition coefficient (Wildman–Crippen LogP) is 2.18. The van der Waals surface area contributed by atoms with Crippen molar-refractivity contribution >= 4 is 44.8 Å². The zero-order valence-corrected chi connectivity index (χ0v) is 15.6. The van der Waals surface area contributed by atoms with Gasteiger partial charge in [-0.2, -0.15) is 0 Å². The fourth-order valence-electron chi connectivity index (χ4n) is 4.30. The van der Waals surface area contributed by atoms with Gasteiger partial charge in [0, 0.05) is 5.69 Å². The van der Waals surface area contributed by atoms with Gasteiger partial charge < -0.3 is 5.32 Å². The molecule has 0 spiro atoms. The molecule has 0 saturated heterocycles. The molecule has 3 atom stereocenters. The van der Waals surface area contributed by atoms with Gasteiger partial charge in [0.05, 0.1) is 5.55 Å².